The summed E-state index contributed by atoms with van der Waals surface area (Å²) in [5, 5.41) is 10.7. The summed E-state index contributed by atoms with van der Waals surface area (Å²) >= 11 is 0. The van der Waals surface area contributed by atoms with Gasteiger partial charge in [-0.05, 0) is 18.4 Å². The van der Waals surface area contributed by atoms with Gasteiger partial charge in [0.2, 0.25) is 5.91 Å². The fourth-order valence-electron chi connectivity index (χ4n) is 2.55. The predicted molar refractivity (Wildman–Crippen MR) is 83.8 cm³/mol. The lowest BCUT2D eigenvalue weighted by Gasteiger charge is -2.23. The summed E-state index contributed by atoms with van der Waals surface area (Å²) in [5.41, 5.74) is -0.00712. The molecule has 1 saturated heterocycles. The Morgan fingerprint density at radius 2 is 2.09 bits per heavy atom. The molecule has 1 aliphatic heterocycles. The molecular weight excluding hydrogens is 284 g/mol. The van der Waals surface area contributed by atoms with Crippen molar-refractivity contribution in [2.24, 2.45) is 5.92 Å². The smallest absolute Gasteiger partial charge is 0.287 e. The number of carbonyl (C=O) groups excluding carboxylic acids is 1. The third-order valence-corrected chi connectivity index (χ3v) is 3.70. The first kappa shape index (κ1) is 16.2. The van der Waals surface area contributed by atoms with Crippen LogP contribution in [0.5, 0.6) is 0 Å². The van der Waals surface area contributed by atoms with Crippen LogP contribution < -0.4 is 4.90 Å². The van der Waals surface area contributed by atoms with E-state index >= 15 is 0 Å². The summed E-state index contributed by atoms with van der Waals surface area (Å²) in [5.74, 6) is 1.29. The van der Waals surface area contributed by atoms with Crippen molar-refractivity contribution in [2.45, 2.75) is 26.7 Å². The second-order valence-electron chi connectivity index (χ2n) is 5.95. The van der Waals surface area contributed by atoms with Crippen LogP contribution in [0.15, 0.2) is 18.3 Å². The number of rotatable bonds is 4. The number of aromatic nitrogens is 1. The molecule has 0 aromatic carbocycles. The number of nitro groups is 1. The lowest BCUT2D eigenvalue weighted by atomic mass is 10.1. The van der Waals surface area contributed by atoms with Gasteiger partial charge in [0, 0.05) is 38.7 Å². The van der Waals surface area contributed by atoms with Crippen molar-refractivity contribution in [1.82, 2.24) is 9.88 Å². The van der Waals surface area contributed by atoms with Crippen LogP contribution in [-0.2, 0) is 4.79 Å². The highest BCUT2D eigenvalue weighted by atomic mass is 16.6. The summed E-state index contributed by atoms with van der Waals surface area (Å²) in [4.78, 5) is 30.5. The van der Waals surface area contributed by atoms with E-state index in [0.29, 0.717) is 25.4 Å². The van der Waals surface area contributed by atoms with Gasteiger partial charge in [0.1, 0.15) is 12.0 Å². The molecule has 0 spiro atoms. The fraction of sp³-hybridized carbons (Fsp3) is 0.600. The highest BCUT2D eigenvalue weighted by Gasteiger charge is 2.20. The molecule has 0 atom stereocenters. The topological polar surface area (TPSA) is 79.6 Å². The Morgan fingerprint density at radius 1 is 1.32 bits per heavy atom. The van der Waals surface area contributed by atoms with Gasteiger partial charge in [0.05, 0.1) is 4.92 Å². The van der Waals surface area contributed by atoms with Crippen molar-refractivity contribution < 1.29 is 9.72 Å². The monoisotopic (exact) mass is 306 g/mol. The molecule has 1 fully saturated rings. The molecule has 1 aliphatic rings. The van der Waals surface area contributed by atoms with Crippen LogP contribution in [0.2, 0.25) is 0 Å². The van der Waals surface area contributed by atoms with Crippen LogP contribution in [0.3, 0.4) is 0 Å². The van der Waals surface area contributed by atoms with Gasteiger partial charge in [0.15, 0.2) is 0 Å². The Hall–Kier alpha value is -2.18. The number of hydrogen-bond acceptors (Lipinski definition) is 5. The first-order valence-electron chi connectivity index (χ1n) is 7.60. The van der Waals surface area contributed by atoms with E-state index in [-0.39, 0.29) is 11.6 Å². The summed E-state index contributed by atoms with van der Waals surface area (Å²) < 4.78 is 0. The van der Waals surface area contributed by atoms with E-state index in [2.05, 4.69) is 9.88 Å². The van der Waals surface area contributed by atoms with Crippen molar-refractivity contribution in [2.75, 3.05) is 31.1 Å². The standard InChI is InChI=1S/C15H22N4O3/c1-12(2)10-15(20)18-7-3-6-17(8-9-18)14-5-4-13(11-16-14)19(21)22/h4-5,11-12H,3,6-10H2,1-2H3. The maximum atomic E-state index is 12.1. The summed E-state index contributed by atoms with van der Waals surface area (Å²) in [6.45, 7) is 7.02. The van der Waals surface area contributed by atoms with Gasteiger partial charge >= 0.3 is 0 Å². The highest BCUT2D eigenvalue weighted by molar-refractivity contribution is 5.76. The molecule has 0 aliphatic carbocycles. The molecular formula is C15H22N4O3. The van der Waals surface area contributed by atoms with E-state index in [1.54, 1.807) is 6.07 Å². The van der Waals surface area contributed by atoms with E-state index in [1.807, 2.05) is 18.7 Å². The molecule has 1 amide bonds. The number of pyridine rings is 1. The second-order valence-corrected chi connectivity index (χ2v) is 5.95. The normalized spacial score (nSPS) is 15.8. The molecule has 2 heterocycles. The average molecular weight is 306 g/mol. The number of amides is 1. The molecule has 22 heavy (non-hydrogen) atoms. The minimum atomic E-state index is -0.453. The summed E-state index contributed by atoms with van der Waals surface area (Å²) in [7, 11) is 0. The van der Waals surface area contributed by atoms with Gasteiger partial charge in [-0.2, -0.15) is 0 Å². The van der Waals surface area contributed by atoms with Crippen LogP contribution >= 0.6 is 0 Å². The molecule has 0 N–H and O–H groups in total. The maximum absolute atomic E-state index is 12.1. The fourth-order valence-corrected chi connectivity index (χ4v) is 2.55. The van der Waals surface area contributed by atoms with Crippen LogP contribution in [0.25, 0.3) is 0 Å². The van der Waals surface area contributed by atoms with Crippen LogP contribution in [0.4, 0.5) is 11.5 Å². The summed E-state index contributed by atoms with van der Waals surface area (Å²) in [6, 6.07) is 3.14. The number of anilines is 1. The molecule has 7 nitrogen and oxygen atoms in total. The highest BCUT2D eigenvalue weighted by Crippen LogP contribution is 2.18. The van der Waals surface area contributed by atoms with Gasteiger partial charge in [-0.1, -0.05) is 13.8 Å². The first-order valence-corrected chi connectivity index (χ1v) is 7.60. The number of hydrogen-bond donors (Lipinski definition) is 0. The van der Waals surface area contributed by atoms with Crippen molar-refractivity contribution in [3.05, 3.63) is 28.4 Å². The number of nitrogens with zero attached hydrogens (tertiary/aromatic N) is 4. The third kappa shape index (κ3) is 4.16. The van der Waals surface area contributed by atoms with Crippen molar-refractivity contribution in [1.29, 1.82) is 0 Å². The molecule has 7 heteroatoms. The zero-order valence-electron chi connectivity index (χ0n) is 13.1. The Balaban J connectivity index is 1.97. The largest absolute Gasteiger partial charge is 0.355 e. The molecule has 1 aromatic rings. The van der Waals surface area contributed by atoms with Gasteiger partial charge in [-0.25, -0.2) is 4.98 Å². The molecule has 0 unspecified atom stereocenters. The van der Waals surface area contributed by atoms with Crippen LogP contribution in [-0.4, -0.2) is 46.9 Å². The molecule has 2 rings (SSSR count). The van der Waals surface area contributed by atoms with E-state index in [1.165, 1.54) is 12.3 Å². The maximum Gasteiger partial charge on any atom is 0.287 e. The van der Waals surface area contributed by atoms with Gasteiger partial charge in [-0.3, -0.25) is 14.9 Å². The Morgan fingerprint density at radius 3 is 2.68 bits per heavy atom. The van der Waals surface area contributed by atoms with Crippen molar-refractivity contribution >= 4 is 17.4 Å². The average Bonchev–Trinajstić information content (AvgIpc) is 2.72. The molecule has 0 radical (unpaired) electrons. The quantitative estimate of drug-likeness (QED) is 0.628. The minimum Gasteiger partial charge on any atom is -0.355 e. The van der Waals surface area contributed by atoms with Crippen LogP contribution in [0, 0.1) is 16.0 Å². The molecule has 0 saturated carbocycles. The zero-order valence-corrected chi connectivity index (χ0v) is 13.1. The first-order chi connectivity index (χ1) is 10.5. The summed E-state index contributed by atoms with van der Waals surface area (Å²) in [6.07, 6.45) is 2.74. The van der Waals surface area contributed by atoms with E-state index in [4.69, 9.17) is 0 Å². The third-order valence-electron chi connectivity index (χ3n) is 3.70. The lowest BCUT2D eigenvalue weighted by molar-refractivity contribution is -0.385. The Kier molecular flexibility index (Phi) is 5.30. The van der Waals surface area contributed by atoms with Crippen molar-refractivity contribution in [3.63, 3.8) is 0 Å². The van der Waals surface area contributed by atoms with Gasteiger partial charge in [0.25, 0.3) is 5.69 Å². The second kappa shape index (κ2) is 7.20. The van der Waals surface area contributed by atoms with E-state index in [0.717, 1.165) is 25.3 Å². The minimum absolute atomic E-state index is 0.00712. The van der Waals surface area contributed by atoms with E-state index in [9.17, 15) is 14.9 Å². The molecule has 120 valence electrons. The SMILES string of the molecule is CC(C)CC(=O)N1CCCN(c2ccc([N+](=O)[O-])cn2)CC1. The molecule has 0 bridgehead atoms. The zero-order chi connectivity index (χ0) is 16.1. The van der Waals surface area contributed by atoms with Crippen LogP contribution in [0.1, 0.15) is 26.7 Å². The van der Waals surface area contributed by atoms with E-state index < -0.39 is 4.92 Å². The predicted octanol–water partition coefficient (Wildman–Crippen LogP) is 2.07. The van der Waals surface area contributed by atoms with Gasteiger partial charge in [-0.15, -0.1) is 0 Å². The Bertz CT molecular complexity index is 530. The lowest BCUT2D eigenvalue weighted by Crippen LogP contribution is -2.35. The molecule has 1 aromatic heterocycles. The number of carbonyl (C=O) groups is 1. The van der Waals surface area contributed by atoms with Crippen molar-refractivity contribution in [3.8, 4) is 0 Å². The van der Waals surface area contributed by atoms with Gasteiger partial charge < -0.3 is 9.80 Å². The Labute approximate surface area is 130 Å².